The average molecular weight is 265 g/mol. The SMILES string of the molecule is COc1ccc(-c2nc(C)c(CO)s2)cc1OC. The summed E-state index contributed by atoms with van der Waals surface area (Å²) in [6, 6.07) is 5.67. The zero-order valence-electron chi connectivity index (χ0n) is 10.6. The molecule has 0 aliphatic rings. The number of rotatable bonds is 4. The van der Waals surface area contributed by atoms with E-state index in [-0.39, 0.29) is 6.61 Å². The third kappa shape index (κ3) is 2.32. The number of aryl methyl sites for hydroxylation is 1. The Bertz CT molecular complexity index is 551. The monoisotopic (exact) mass is 265 g/mol. The molecule has 0 bridgehead atoms. The summed E-state index contributed by atoms with van der Waals surface area (Å²) in [7, 11) is 3.21. The molecule has 0 aliphatic carbocycles. The first-order valence-electron chi connectivity index (χ1n) is 5.49. The van der Waals surface area contributed by atoms with E-state index in [4.69, 9.17) is 9.47 Å². The molecule has 1 heterocycles. The van der Waals surface area contributed by atoms with Crippen LogP contribution in [0.3, 0.4) is 0 Å². The standard InChI is InChI=1S/C13H15NO3S/c1-8-12(7-15)18-13(14-8)9-4-5-10(16-2)11(6-9)17-3/h4-6,15H,7H2,1-3H3. The molecule has 4 nitrogen and oxygen atoms in total. The van der Waals surface area contributed by atoms with E-state index in [2.05, 4.69) is 4.98 Å². The van der Waals surface area contributed by atoms with Gasteiger partial charge in [-0.2, -0.15) is 0 Å². The Morgan fingerprint density at radius 1 is 1.22 bits per heavy atom. The normalized spacial score (nSPS) is 10.4. The molecule has 0 saturated carbocycles. The van der Waals surface area contributed by atoms with Gasteiger partial charge in [0, 0.05) is 5.56 Å². The predicted octanol–water partition coefficient (Wildman–Crippen LogP) is 2.63. The molecule has 1 N–H and O–H groups in total. The Morgan fingerprint density at radius 3 is 2.50 bits per heavy atom. The van der Waals surface area contributed by atoms with Crippen molar-refractivity contribution < 1.29 is 14.6 Å². The quantitative estimate of drug-likeness (QED) is 0.923. The van der Waals surface area contributed by atoms with Gasteiger partial charge in [-0.3, -0.25) is 0 Å². The summed E-state index contributed by atoms with van der Waals surface area (Å²) in [6.07, 6.45) is 0. The lowest BCUT2D eigenvalue weighted by Gasteiger charge is -2.08. The van der Waals surface area contributed by atoms with Crippen molar-refractivity contribution in [1.29, 1.82) is 0 Å². The van der Waals surface area contributed by atoms with Crippen LogP contribution in [0, 0.1) is 6.92 Å². The summed E-state index contributed by atoms with van der Waals surface area (Å²) >= 11 is 1.49. The second kappa shape index (κ2) is 5.37. The van der Waals surface area contributed by atoms with Crippen LogP contribution in [-0.2, 0) is 6.61 Å². The summed E-state index contributed by atoms with van der Waals surface area (Å²) in [5, 5.41) is 10.1. The van der Waals surface area contributed by atoms with Gasteiger partial charge in [0.15, 0.2) is 11.5 Å². The molecule has 2 rings (SSSR count). The highest BCUT2D eigenvalue weighted by atomic mass is 32.1. The van der Waals surface area contributed by atoms with Gasteiger partial charge in [-0.1, -0.05) is 0 Å². The third-order valence-corrected chi connectivity index (χ3v) is 3.86. The molecule has 1 aromatic carbocycles. The molecule has 0 fully saturated rings. The van der Waals surface area contributed by atoms with Crippen LogP contribution in [0.1, 0.15) is 10.6 Å². The zero-order valence-corrected chi connectivity index (χ0v) is 11.4. The molecule has 0 amide bonds. The van der Waals surface area contributed by atoms with Gasteiger partial charge < -0.3 is 14.6 Å². The first-order chi connectivity index (χ1) is 8.69. The van der Waals surface area contributed by atoms with Crippen molar-refractivity contribution >= 4 is 11.3 Å². The largest absolute Gasteiger partial charge is 0.493 e. The van der Waals surface area contributed by atoms with Crippen molar-refractivity contribution in [3.05, 3.63) is 28.8 Å². The van der Waals surface area contributed by atoms with E-state index in [0.717, 1.165) is 21.1 Å². The number of benzene rings is 1. The molecule has 0 radical (unpaired) electrons. The smallest absolute Gasteiger partial charge is 0.161 e. The van der Waals surface area contributed by atoms with Crippen LogP contribution in [0.25, 0.3) is 10.6 Å². The van der Waals surface area contributed by atoms with Gasteiger partial charge in [-0.15, -0.1) is 11.3 Å². The molecule has 0 saturated heterocycles. The number of nitrogens with zero attached hydrogens (tertiary/aromatic N) is 1. The molecule has 96 valence electrons. The highest BCUT2D eigenvalue weighted by molar-refractivity contribution is 7.15. The summed E-state index contributed by atoms with van der Waals surface area (Å²) in [4.78, 5) is 5.33. The van der Waals surface area contributed by atoms with Gasteiger partial charge in [0.2, 0.25) is 0 Å². The van der Waals surface area contributed by atoms with Crippen molar-refractivity contribution in [3.63, 3.8) is 0 Å². The molecule has 0 aliphatic heterocycles. The number of aromatic nitrogens is 1. The van der Waals surface area contributed by atoms with Crippen LogP contribution in [0.5, 0.6) is 11.5 Å². The first kappa shape index (κ1) is 12.9. The first-order valence-corrected chi connectivity index (χ1v) is 6.30. The molecule has 18 heavy (non-hydrogen) atoms. The summed E-state index contributed by atoms with van der Waals surface area (Å²) in [5.41, 5.74) is 1.83. The lowest BCUT2D eigenvalue weighted by atomic mass is 10.2. The second-order valence-corrected chi connectivity index (χ2v) is 4.84. The maximum absolute atomic E-state index is 9.19. The van der Waals surface area contributed by atoms with Crippen LogP contribution < -0.4 is 9.47 Å². The fourth-order valence-corrected chi connectivity index (χ4v) is 2.59. The van der Waals surface area contributed by atoms with Gasteiger partial charge in [0.25, 0.3) is 0 Å². The van der Waals surface area contributed by atoms with E-state index in [0.29, 0.717) is 11.5 Å². The molecule has 0 unspecified atom stereocenters. The van der Waals surface area contributed by atoms with E-state index in [9.17, 15) is 5.11 Å². The third-order valence-electron chi connectivity index (χ3n) is 2.67. The minimum absolute atomic E-state index is 0.0246. The number of aliphatic hydroxyl groups is 1. The number of hydrogen-bond acceptors (Lipinski definition) is 5. The maximum Gasteiger partial charge on any atom is 0.161 e. The zero-order chi connectivity index (χ0) is 13.1. The molecule has 0 spiro atoms. The van der Waals surface area contributed by atoms with E-state index < -0.39 is 0 Å². The van der Waals surface area contributed by atoms with Crippen LogP contribution >= 0.6 is 11.3 Å². The fourth-order valence-electron chi connectivity index (χ4n) is 1.67. The summed E-state index contributed by atoms with van der Waals surface area (Å²) < 4.78 is 10.5. The Hall–Kier alpha value is -1.59. The topological polar surface area (TPSA) is 51.6 Å². The van der Waals surface area contributed by atoms with Crippen molar-refractivity contribution in [2.45, 2.75) is 13.5 Å². The van der Waals surface area contributed by atoms with Gasteiger partial charge in [-0.25, -0.2) is 4.98 Å². The molecule has 0 atom stereocenters. The lowest BCUT2D eigenvalue weighted by molar-refractivity contribution is 0.284. The van der Waals surface area contributed by atoms with E-state index in [1.807, 2.05) is 25.1 Å². The van der Waals surface area contributed by atoms with Gasteiger partial charge in [0.1, 0.15) is 5.01 Å². The number of thiazole rings is 1. The summed E-state index contributed by atoms with van der Waals surface area (Å²) in [5.74, 6) is 1.37. The van der Waals surface area contributed by atoms with E-state index in [1.54, 1.807) is 14.2 Å². The highest BCUT2D eigenvalue weighted by Crippen LogP contribution is 2.34. The maximum atomic E-state index is 9.19. The fraction of sp³-hybridized carbons (Fsp3) is 0.308. The van der Waals surface area contributed by atoms with Crippen molar-refractivity contribution in [2.24, 2.45) is 0 Å². The van der Waals surface area contributed by atoms with Crippen molar-refractivity contribution in [1.82, 2.24) is 4.98 Å². The van der Waals surface area contributed by atoms with Crippen LogP contribution in [0.2, 0.25) is 0 Å². The number of aliphatic hydroxyl groups excluding tert-OH is 1. The van der Waals surface area contributed by atoms with Crippen LogP contribution in [0.4, 0.5) is 0 Å². The van der Waals surface area contributed by atoms with Gasteiger partial charge in [0.05, 0.1) is 31.4 Å². The van der Waals surface area contributed by atoms with Crippen molar-refractivity contribution in [3.8, 4) is 22.1 Å². The number of methoxy groups -OCH3 is 2. The van der Waals surface area contributed by atoms with Crippen molar-refractivity contribution in [2.75, 3.05) is 14.2 Å². The highest BCUT2D eigenvalue weighted by Gasteiger charge is 2.11. The Labute approximate surface area is 110 Å². The Balaban J connectivity index is 2.44. The minimum atomic E-state index is 0.0246. The van der Waals surface area contributed by atoms with E-state index in [1.165, 1.54) is 11.3 Å². The summed E-state index contributed by atoms with van der Waals surface area (Å²) in [6.45, 7) is 1.92. The van der Waals surface area contributed by atoms with Crippen LogP contribution in [-0.4, -0.2) is 24.3 Å². The average Bonchev–Trinajstić information content (AvgIpc) is 2.79. The number of ether oxygens (including phenoxy) is 2. The Morgan fingerprint density at radius 2 is 1.94 bits per heavy atom. The molecular formula is C13H15NO3S. The molecule has 5 heteroatoms. The van der Waals surface area contributed by atoms with Gasteiger partial charge >= 0.3 is 0 Å². The second-order valence-electron chi connectivity index (χ2n) is 3.76. The molecule has 1 aromatic heterocycles. The molecular weight excluding hydrogens is 250 g/mol. The molecule has 2 aromatic rings. The van der Waals surface area contributed by atoms with Crippen LogP contribution in [0.15, 0.2) is 18.2 Å². The van der Waals surface area contributed by atoms with Gasteiger partial charge in [-0.05, 0) is 25.1 Å². The Kier molecular flexibility index (Phi) is 3.84. The minimum Gasteiger partial charge on any atom is -0.493 e. The predicted molar refractivity (Wildman–Crippen MR) is 71.3 cm³/mol. The number of hydrogen-bond donors (Lipinski definition) is 1. The lowest BCUT2D eigenvalue weighted by Crippen LogP contribution is -1.90. The van der Waals surface area contributed by atoms with E-state index >= 15 is 0 Å².